The van der Waals surface area contributed by atoms with Crippen LogP contribution in [0, 0.1) is 5.92 Å². The molecule has 1 atom stereocenters. The van der Waals surface area contributed by atoms with Gasteiger partial charge in [-0.05, 0) is 40.4 Å². The molecule has 0 aliphatic heterocycles. The number of esters is 2. The maximum absolute atomic E-state index is 13.0. The third kappa shape index (κ3) is 15.6. The Kier molecular flexibility index (Phi) is 18.3. The van der Waals surface area contributed by atoms with Crippen LogP contribution in [-0.2, 0) is 31.6 Å². The van der Waals surface area contributed by atoms with Gasteiger partial charge >= 0.3 is 11.9 Å². The van der Waals surface area contributed by atoms with Gasteiger partial charge in [0, 0.05) is 6.42 Å². The van der Waals surface area contributed by atoms with Crippen LogP contribution < -0.4 is 0 Å². The van der Waals surface area contributed by atoms with Crippen molar-refractivity contribution in [1.29, 1.82) is 0 Å². The van der Waals surface area contributed by atoms with Crippen molar-refractivity contribution < 1.29 is 19.4 Å². The summed E-state index contributed by atoms with van der Waals surface area (Å²) >= 11 is 0. The Morgan fingerprint density at radius 3 is 1.40 bits per heavy atom. The number of unbranched alkanes of at least 4 members (excludes halogenated alkanes) is 15. The van der Waals surface area contributed by atoms with Crippen LogP contribution >= 0.6 is 0 Å². The van der Waals surface area contributed by atoms with E-state index >= 15 is 0 Å². The summed E-state index contributed by atoms with van der Waals surface area (Å²) < 4.78 is 5.20. The Bertz CT molecular complexity index is 868. The van der Waals surface area contributed by atoms with Crippen LogP contribution in [0.15, 0.2) is 12.1 Å². The molecule has 0 aromatic heterocycles. The van der Waals surface area contributed by atoms with E-state index in [4.69, 9.17) is 4.74 Å². The molecule has 242 valence electrons. The number of phenolic OH excluding ortho intramolecular Hbond substituents is 1. The summed E-state index contributed by atoms with van der Waals surface area (Å²) in [5, 5.41) is 11.1. The number of aromatic hydroxyl groups is 1. The minimum absolute atomic E-state index is 0.194. The number of carbonyl (C=O) groups is 2. The van der Waals surface area contributed by atoms with Gasteiger partial charge < -0.3 is 9.84 Å². The van der Waals surface area contributed by atoms with Gasteiger partial charge in [0.15, 0.2) is 0 Å². The lowest BCUT2D eigenvalue weighted by atomic mass is 9.77. The number of carbonyl (C=O) groups excluding carboxylic acids is 2. The summed E-state index contributed by atoms with van der Waals surface area (Å²) in [5.41, 5.74) is 2.34. The van der Waals surface area contributed by atoms with Crippen molar-refractivity contribution in [3.05, 3.63) is 28.8 Å². The molecule has 42 heavy (non-hydrogen) atoms. The first-order valence-corrected chi connectivity index (χ1v) is 17.4. The van der Waals surface area contributed by atoms with Crippen molar-refractivity contribution in [1.82, 2.24) is 0 Å². The van der Waals surface area contributed by atoms with Gasteiger partial charge in [-0.1, -0.05) is 170 Å². The first kappa shape index (κ1) is 38.2. The van der Waals surface area contributed by atoms with Crippen LogP contribution in [-0.4, -0.2) is 17.0 Å². The molecule has 4 nitrogen and oxygen atoms in total. The number of rotatable bonds is 21. The normalized spacial score (nSPS) is 12.9. The fourth-order valence-corrected chi connectivity index (χ4v) is 5.75. The van der Waals surface area contributed by atoms with E-state index in [0.29, 0.717) is 18.6 Å². The predicted molar refractivity (Wildman–Crippen MR) is 178 cm³/mol. The number of hydrogen-bond donors (Lipinski definition) is 1. The van der Waals surface area contributed by atoms with E-state index in [1.54, 1.807) is 6.92 Å². The lowest BCUT2D eigenvalue weighted by Gasteiger charge is -2.29. The zero-order valence-electron chi connectivity index (χ0n) is 28.8. The summed E-state index contributed by atoms with van der Waals surface area (Å²) in [6.07, 6.45) is 22.4. The number of benzene rings is 1. The molecular formula is C38H66O4. The van der Waals surface area contributed by atoms with Crippen LogP contribution in [0.2, 0.25) is 0 Å². The number of ether oxygens (including phenoxy) is 1. The van der Waals surface area contributed by atoms with Gasteiger partial charge in [0.25, 0.3) is 0 Å². The van der Waals surface area contributed by atoms with Crippen molar-refractivity contribution in [3.8, 4) is 5.75 Å². The van der Waals surface area contributed by atoms with E-state index in [0.717, 1.165) is 29.5 Å². The fraction of sp³-hybridized carbons (Fsp3) is 0.789. The SMILES string of the molecule is CCCCCCCCCCCCCCCCCCC(Cc1cc(C(C)(C)C)c(O)c(C(C)(C)C)c1)C(=O)OC(=O)CC. The van der Waals surface area contributed by atoms with E-state index in [1.807, 2.05) is 12.1 Å². The average molecular weight is 587 g/mol. The molecule has 1 unspecified atom stereocenters. The van der Waals surface area contributed by atoms with Crippen LogP contribution in [0.3, 0.4) is 0 Å². The highest BCUT2D eigenvalue weighted by Gasteiger charge is 2.29. The molecule has 0 fully saturated rings. The van der Waals surface area contributed by atoms with Gasteiger partial charge in [0.05, 0.1) is 5.92 Å². The molecule has 1 aromatic carbocycles. The molecule has 1 rings (SSSR count). The molecule has 0 amide bonds. The maximum atomic E-state index is 13.0. The molecule has 0 heterocycles. The van der Waals surface area contributed by atoms with Crippen LogP contribution in [0.5, 0.6) is 5.75 Å². The van der Waals surface area contributed by atoms with Crippen LogP contribution in [0.25, 0.3) is 0 Å². The minimum atomic E-state index is -0.464. The monoisotopic (exact) mass is 586 g/mol. The minimum Gasteiger partial charge on any atom is -0.507 e. The molecule has 1 N–H and O–H groups in total. The first-order valence-electron chi connectivity index (χ1n) is 17.4. The van der Waals surface area contributed by atoms with Crippen molar-refractivity contribution in [3.63, 3.8) is 0 Å². The molecule has 0 aliphatic rings. The average Bonchev–Trinajstić information content (AvgIpc) is 2.91. The van der Waals surface area contributed by atoms with E-state index in [-0.39, 0.29) is 23.2 Å². The second kappa shape index (κ2) is 20.2. The van der Waals surface area contributed by atoms with Gasteiger partial charge in [-0.25, -0.2) is 0 Å². The topological polar surface area (TPSA) is 63.6 Å². The predicted octanol–water partition coefficient (Wildman–Crippen LogP) is 11.3. The second-order valence-electron chi connectivity index (χ2n) is 14.7. The summed E-state index contributed by atoms with van der Waals surface area (Å²) in [4.78, 5) is 25.0. The molecule has 0 spiro atoms. The third-order valence-electron chi connectivity index (χ3n) is 8.51. The second-order valence-corrected chi connectivity index (χ2v) is 14.7. The summed E-state index contributed by atoms with van der Waals surface area (Å²) in [6, 6.07) is 4.08. The lowest BCUT2D eigenvalue weighted by molar-refractivity contribution is -0.162. The maximum Gasteiger partial charge on any atom is 0.316 e. The standard InChI is InChI=1S/C38H66O4/c1-9-11-12-13-14-15-16-17-18-19-20-21-22-23-24-25-26-31(36(41)42-34(39)10-2)27-30-28-32(37(3,4)5)35(40)33(29-30)38(6,7)8/h28-29,31,40H,9-27H2,1-8H3. The molecule has 4 heteroatoms. The Morgan fingerprint density at radius 2 is 1.05 bits per heavy atom. The largest absolute Gasteiger partial charge is 0.507 e. The van der Waals surface area contributed by atoms with Crippen molar-refractivity contribution >= 4 is 11.9 Å². The van der Waals surface area contributed by atoms with Gasteiger partial charge in [-0.2, -0.15) is 0 Å². The quantitative estimate of drug-likeness (QED) is 0.0884. The van der Waals surface area contributed by atoms with Crippen molar-refractivity contribution in [2.45, 2.75) is 188 Å². The Morgan fingerprint density at radius 1 is 0.667 bits per heavy atom. The molecule has 0 saturated carbocycles. The summed E-state index contributed by atoms with van der Waals surface area (Å²) in [6.45, 7) is 16.6. The molecule has 0 bridgehead atoms. The number of hydrogen-bond acceptors (Lipinski definition) is 4. The molecule has 0 radical (unpaired) electrons. The smallest absolute Gasteiger partial charge is 0.316 e. The van der Waals surface area contributed by atoms with E-state index in [1.165, 1.54) is 89.9 Å². The summed E-state index contributed by atoms with van der Waals surface area (Å²) in [5.74, 6) is -0.895. The van der Waals surface area contributed by atoms with Gasteiger partial charge in [0.1, 0.15) is 5.75 Å². The van der Waals surface area contributed by atoms with Crippen molar-refractivity contribution in [2.24, 2.45) is 5.92 Å². The van der Waals surface area contributed by atoms with Crippen LogP contribution in [0.1, 0.15) is 188 Å². The first-order chi connectivity index (χ1) is 19.8. The van der Waals surface area contributed by atoms with E-state index in [2.05, 4.69) is 48.5 Å². The van der Waals surface area contributed by atoms with Gasteiger partial charge in [0.2, 0.25) is 0 Å². The highest BCUT2D eigenvalue weighted by atomic mass is 16.6. The van der Waals surface area contributed by atoms with Gasteiger partial charge in [-0.3, -0.25) is 9.59 Å². The molecule has 0 saturated heterocycles. The third-order valence-corrected chi connectivity index (χ3v) is 8.51. The summed E-state index contributed by atoms with van der Waals surface area (Å²) in [7, 11) is 0. The van der Waals surface area contributed by atoms with E-state index < -0.39 is 11.9 Å². The zero-order valence-corrected chi connectivity index (χ0v) is 28.8. The van der Waals surface area contributed by atoms with Crippen molar-refractivity contribution in [2.75, 3.05) is 0 Å². The highest BCUT2D eigenvalue weighted by Crippen LogP contribution is 2.40. The molecular weight excluding hydrogens is 520 g/mol. The molecule has 1 aromatic rings. The zero-order chi connectivity index (χ0) is 31.6. The fourth-order valence-electron chi connectivity index (χ4n) is 5.75. The Labute approximate surface area is 259 Å². The van der Waals surface area contributed by atoms with Crippen LogP contribution in [0.4, 0.5) is 0 Å². The highest BCUT2D eigenvalue weighted by molar-refractivity contribution is 5.86. The van der Waals surface area contributed by atoms with E-state index in [9.17, 15) is 14.7 Å². The lowest BCUT2D eigenvalue weighted by Crippen LogP contribution is -2.24. The Hall–Kier alpha value is -1.84. The number of phenols is 1. The Balaban J connectivity index is 2.57. The van der Waals surface area contributed by atoms with Gasteiger partial charge in [-0.15, -0.1) is 0 Å². The molecule has 0 aliphatic carbocycles.